The molecule has 1 aromatic rings. The van der Waals surface area contributed by atoms with Crippen molar-refractivity contribution in [1.82, 2.24) is 0 Å². The molecular formula is C18H21FO4. The fourth-order valence-electron chi connectivity index (χ4n) is 2.37. The van der Waals surface area contributed by atoms with E-state index in [1.165, 1.54) is 18.2 Å². The van der Waals surface area contributed by atoms with Gasteiger partial charge >= 0.3 is 11.9 Å². The lowest BCUT2D eigenvalue weighted by Gasteiger charge is -2.17. The molecule has 1 aromatic carbocycles. The second-order valence-electron chi connectivity index (χ2n) is 5.59. The molecule has 0 radical (unpaired) electrons. The van der Waals surface area contributed by atoms with Crippen LogP contribution in [0.3, 0.4) is 0 Å². The van der Waals surface area contributed by atoms with Crippen LogP contribution < -0.4 is 4.74 Å². The van der Waals surface area contributed by atoms with Crippen LogP contribution in [0.4, 0.5) is 4.39 Å². The lowest BCUT2D eigenvalue weighted by molar-refractivity contribution is -0.145. The van der Waals surface area contributed by atoms with E-state index in [1.807, 2.05) is 0 Å². The van der Waals surface area contributed by atoms with Gasteiger partial charge in [-0.2, -0.15) is 0 Å². The standard InChI is InChI=1S/C18H21FO4/c19-15-9-4-5-10-16(15)23-18(21)12-6-11-17(20)22-13-14-7-2-1-3-8-14/h1-2,4-5,9-10,14H,3,6-8,11-13H2. The molecule has 0 heterocycles. The van der Waals surface area contributed by atoms with Crippen molar-refractivity contribution in [2.24, 2.45) is 5.92 Å². The number of halogens is 1. The summed E-state index contributed by atoms with van der Waals surface area (Å²) in [4.78, 5) is 23.2. The molecule has 0 fully saturated rings. The highest BCUT2D eigenvalue weighted by Crippen LogP contribution is 2.19. The molecule has 0 bridgehead atoms. The highest BCUT2D eigenvalue weighted by atomic mass is 19.1. The lowest BCUT2D eigenvalue weighted by atomic mass is 9.95. The average Bonchev–Trinajstić information content (AvgIpc) is 2.56. The van der Waals surface area contributed by atoms with Gasteiger partial charge in [0.1, 0.15) is 0 Å². The summed E-state index contributed by atoms with van der Waals surface area (Å²) in [5.41, 5.74) is 0. The van der Waals surface area contributed by atoms with E-state index in [0.29, 0.717) is 18.9 Å². The molecule has 124 valence electrons. The number of para-hydroxylation sites is 1. The van der Waals surface area contributed by atoms with Gasteiger partial charge in [0.05, 0.1) is 6.61 Å². The number of hydrogen-bond donors (Lipinski definition) is 0. The first-order valence-electron chi connectivity index (χ1n) is 7.91. The van der Waals surface area contributed by atoms with Gasteiger partial charge in [0.2, 0.25) is 0 Å². The number of rotatable bonds is 7. The zero-order valence-corrected chi connectivity index (χ0v) is 13.0. The Morgan fingerprint density at radius 1 is 1.13 bits per heavy atom. The molecule has 0 saturated heterocycles. The minimum absolute atomic E-state index is 0.0512. The average molecular weight is 320 g/mol. The van der Waals surface area contributed by atoms with Crippen molar-refractivity contribution < 1.29 is 23.5 Å². The Morgan fingerprint density at radius 3 is 2.65 bits per heavy atom. The van der Waals surface area contributed by atoms with Crippen LogP contribution in [0, 0.1) is 11.7 Å². The summed E-state index contributed by atoms with van der Waals surface area (Å²) < 4.78 is 23.4. The van der Waals surface area contributed by atoms with E-state index in [-0.39, 0.29) is 24.6 Å². The normalized spacial score (nSPS) is 16.8. The van der Waals surface area contributed by atoms with Gasteiger partial charge < -0.3 is 9.47 Å². The van der Waals surface area contributed by atoms with E-state index in [9.17, 15) is 14.0 Å². The van der Waals surface area contributed by atoms with Gasteiger partial charge in [0.15, 0.2) is 11.6 Å². The zero-order valence-electron chi connectivity index (χ0n) is 13.0. The number of benzene rings is 1. The molecule has 0 spiro atoms. The van der Waals surface area contributed by atoms with Gasteiger partial charge in [0, 0.05) is 12.8 Å². The zero-order chi connectivity index (χ0) is 16.5. The monoisotopic (exact) mass is 320 g/mol. The van der Waals surface area contributed by atoms with Crippen molar-refractivity contribution >= 4 is 11.9 Å². The van der Waals surface area contributed by atoms with Gasteiger partial charge in [-0.05, 0) is 43.7 Å². The first-order valence-corrected chi connectivity index (χ1v) is 7.91. The highest BCUT2D eigenvalue weighted by molar-refractivity contribution is 5.74. The van der Waals surface area contributed by atoms with E-state index >= 15 is 0 Å². The fraction of sp³-hybridized carbons (Fsp3) is 0.444. The number of allylic oxidation sites excluding steroid dienone is 2. The molecule has 1 atom stereocenters. The van der Waals surface area contributed by atoms with Crippen LogP contribution in [0.25, 0.3) is 0 Å². The van der Waals surface area contributed by atoms with Crippen LogP contribution in [0.1, 0.15) is 38.5 Å². The van der Waals surface area contributed by atoms with E-state index in [1.54, 1.807) is 6.07 Å². The molecular weight excluding hydrogens is 299 g/mol. The second kappa shape index (κ2) is 9.08. The number of ether oxygens (including phenoxy) is 2. The predicted octanol–water partition coefficient (Wildman–Crippen LogP) is 3.80. The summed E-state index contributed by atoms with van der Waals surface area (Å²) >= 11 is 0. The molecule has 2 rings (SSSR count). The second-order valence-corrected chi connectivity index (χ2v) is 5.59. The molecule has 0 N–H and O–H groups in total. The molecule has 1 unspecified atom stereocenters. The summed E-state index contributed by atoms with van der Waals surface area (Å²) in [6, 6.07) is 5.72. The van der Waals surface area contributed by atoms with Crippen LogP contribution in [-0.4, -0.2) is 18.5 Å². The van der Waals surface area contributed by atoms with Gasteiger partial charge in [-0.15, -0.1) is 0 Å². The van der Waals surface area contributed by atoms with Crippen LogP contribution in [0.15, 0.2) is 36.4 Å². The van der Waals surface area contributed by atoms with E-state index in [2.05, 4.69) is 12.2 Å². The number of esters is 2. The highest BCUT2D eigenvalue weighted by Gasteiger charge is 2.14. The largest absolute Gasteiger partial charge is 0.465 e. The molecule has 1 aliphatic carbocycles. The Hall–Kier alpha value is -2.17. The summed E-state index contributed by atoms with van der Waals surface area (Å²) in [5, 5.41) is 0. The molecule has 0 amide bonds. The minimum Gasteiger partial charge on any atom is -0.465 e. The Labute approximate surface area is 135 Å². The van der Waals surface area contributed by atoms with Crippen LogP contribution in [0.2, 0.25) is 0 Å². The quantitative estimate of drug-likeness (QED) is 0.435. The minimum atomic E-state index is -0.582. The van der Waals surface area contributed by atoms with Gasteiger partial charge in [-0.3, -0.25) is 9.59 Å². The van der Waals surface area contributed by atoms with Gasteiger partial charge in [-0.1, -0.05) is 24.3 Å². The predicted molar refractivity (Wildman–Crippen MR) is 83.3 cm³/mol. The van der Waals surface area contributed by atoms with Crippen molar-refractivity contribution in [3.8, 4) is 5.75 Å². The Morgan fingerprint density at radius 2 is 1.91 bits per heavy atom. The first-order chi connectivity index (χ1) is 11.1. The summed E-state index contributed by atoms with van der Waals surface area (Å²) in [6.45, 7) is 0.433. The third-order valence-corrected chi connectivity index (χ3v) is 3.68. The van der Waals surface area contributed by atoms with E-state index < -0.39 is 11.8 Å². The Balaban J connectivity index is 1.60. The molecule has 4 nitrogen and oxygen atoms in total. The maximum atomic E-state index is 13.3. The third-order valence-electron chi connectivity index (χ3n) is 3.68. The lowest BCUT2D eigenvalue weighted by Crippen LogP contribution is -2.15. The number of hydrogen-bond acceptors (Lipinski definition) is 4. The molecule has 5 heteroatoms. The number of carbonyl (C=O) groups is 2. The third kappa shape index (κ3) is 6.22. The van der Waals surface area contributed by atoms with Crippen LogP contribution >= 0.6 is 0 Å². The smallest absolute Gasteiger partial charge is 0.311 e. The van der Waals surface area contributed by atoms with Gasteiger partial charge in [0.25, 0.3) is 0 Å². The van der Waals surface area contributed by atoms with Crippen molar-refractivity contribution in [1.29, 1.82) is 0 Å². The van der Waals surface area contributed by atoms with Crippen molar-refractivity contribution in [3.05, 3.63) is 42.2 Å². The summed E-state index contributed by atoms with van der Waals surface area (Å²) in [6.07, 6.45) is 7.81. The maximum Gasteiger partial charge on any atom is 0.311 e. The molecule has 0 aromatic heterocycles. The van der Waals surface area contributed by atoms with Crippen molar-refractivity contribution in [3.63, 3.8) is 0 Å². The Kier molecular flexibility index (Phi) is 6.78. The maximum absolute atomic E-state index is 13.3. The summed E-state index contributed by atoms with van der Waals surface area (Å²) in [5.74, 6) is -1.14. The van der Waals surface area contributed by atoms with E-state index in [0.717, 1.165) is 19.3 Å². The van der Waals surface area contributed by atoms with Crippen LogP contribution in [-0.2, 0) is 14.3 Å². The molecule has 23 heavy (non-hydrogen) atoms. The Bertz CT molecular complexity index is 568. The number of carbonyl (C=O) groups excluding carboxylic acids is 2. The SMILES string of the molecule is O=C(CCCC(=O)Oc1ccccc1F)OCC1CC=CCC1. The van der Waals surface area contributed by atoms with Crippen molar-refractivity contribution in [2.45, 2.75) is 38.5 Å². The van der Waals surface area contributed by atoms with E-state index in [4.69, 9.17) is 9.47 Å². The topological polar surface area (TPSA) is 52.6 Å². The molecule has 1 aliphatic rings. The van der Waals surface area contributed by atoms with Crippen molar-refractivity contribution in [2.75, 3.05) is 6.61 Å². The first kappa shape index (κ1) is 17.2. The fourth-order valence-corrected chi connectivity index (χ4v) is 2.37. The summed E-state index contributed by atoms with van der Waals surface area (Å²) in [7, 11) is 0. The molecule has 0 aliphatic heterocycles. The molecule has 0 saturated carbocycles. The van der Waals surface area contributed by atoms with Gasteiger partial charge in [-0.25, -0.2) is 4.39 Å². The van der Waals surface area contributed by atoms with Crippen LogP contribution in [0.5, 0.6) is 5.75 Å².